The molecule has 1 heterocycles. The van der Waals surface area contributed by atoms with Gasteiger partial charge in [-0.15, -0.1) is 0 Å². The number of aryl methyl sites for hydroxylation is 1. The van der Waals surface area contributed by atoms with E-state index in [1.165, 1.54) is 0 Å². The van der Waals surface area contributed by atoms with Gasteiger partial charge in [-0.05, 0) is 24.6 Å². The van der Waals surface area contributed by atoms with Crippen LogP contribution < -0.4 is 5.32 Å². The number of nitrogens with one attached hydrogen (secondary N) is 1. The maximum atomic E-state index is 9.22. The summed E-state index contributed by atoms with van der Waals surface area (Å²) in [5.41, 5.74) is 1.14. The Labute approximate surface area is 106 Å². The molecule has 1 aromatic carbocycles. The number of phenolic OH excluding ortho intramolecular Hbond substituents is 1. The largest absolute Gasteiger partial charge is 0.508 e. The SMILES string of the molecule is Cc1nc(CCNC(C)c2ccc(O)cc2)no1. The Morgan fingerprint density at radius 3 is 2.67 bits per heavy atom. The summed E-state index contributed by atoms with van der Waals surface area (Å²) in [6.07, 6.45) is 0.736. The van der Waals surface area contributed by atoms with Crippen LogP contribution in [-0.2, 0) is 6.42 Å². The van der Waals surface area contributed by atoms with E-state index in [0.29, 0.717) is 5.89 Å². The fraction of sp³-hybridized carbons (Fsp3) is 0.385. The lowest BCUT2D eigenvalue weighted by molar-refractivity contribution is 0.386. The van der Waals surface area contributed by atoms with Gasteiger partial charge in [0.05, 0.1) is 0 Å². The highest BCUT2D eigenvalue weighted by molar-refractivity contribution is 5.27. The van der Waals surface area contributed by atoms with Gasteiger partial charge in [-0.25, -0.2) is 0 Å². The molecule has 1 unspecified atom stereocenters. The molecule has 0 saturated heterocycles. The van der Waals surface area contributed by atoms with Gasteiger partial charge in [0.25, 0.3) is 0 Å². The van der Waals surface area contributed by atoms with E-state index in [9.17, 15) is 5.11 Å². The van der Waals surface area contributed by atoms with Crippen LogP contribution in [0.25, 0.3) is 0 Å². The second-order valence-corrected chi connectivity index (χ2v) is 4.25. The first kappa shape index (κ1) is 12.6. The number of benzene rings is 1. The molecular weight excluding hydrogens is 230 g/mol. The fourth-order valence-corrected chi connectivity index (χ4v) is 1.72. The molecule has 0 radical (unpaired) electrons. The summed E-state index contributed by atoms with van der Waals surface area (Å²) in [7, 11) is 0. The zero-order valence-corrected chi connectivity index (χ0v) is 10.6. The average Bonchev–Trinajstić information content (AvgIpc) is 2.76. The van der Waals surface area contributed by atoms with Crippen molar-refractivity contribution in [2.24, 2.45) is 0 Å². The normalized spacial score (nSPS) is 12.6. The third-order valence-electron chi connectivity index (χ3n) is 2.76. The summed E-state index contributed by atoms with van der Waals surface area (Å²) in [6.45, 7) is 4.64. The highest BCUT2D eigenvalue weighted by atomic mass is 16.5. The molecule has 2 rings (SSSR count). The second-order valence-electron chi connectivity index (χ2n) is 4.25. The lowest BCUT2D eigenvalue weighted by atomic mass is 10.1. The van der Waals surface area contributed by atoms with Crippen molar-refractivity contribution in [3.8, 4) is 5.75 Å². The van der Waals surface area contributed by atoms with Crippen LogP contribution in [0.5, 0.6) is 5.75 Å². The monoisotopic (exact) mass is 247 g/mol. The molecule has 2 N–H and O–H groups in total. The van der Waals surface area contributed by atoms with Crippen LogP contribution in [0.15, 0.2) is 28.8 Å². The van der Waals surface area contributed by atoms with Crippen molar-refractivity contribution in [1.82, 2.24) is 15.5 Å². The van der Waals surface area contributed by atoms with Crippen molar-refractivity contribution in [2.45, 2.75) is 26.3 Å². The zero-order valence-electron chi connectivity index (χ0n) is 10.6. The quantitative estimate of drug-likeness (QED) is 0.845. The van der Waals surface area contributed by atoms with Crippen LogP contribution in [0.1, 0.15) is 30.2 Å². The van der Waals surface area contributed by atoms with Crippen molar-refractivity contribution in [1.29, 1.82) is 0 Å². The summed E-state index contributed by atoms with van der Waals surface area (Å²) in [4.78, 5) is 4.14. The van der Waals surface area contributed by atoms with E-state index >= 15 is 0 Å². The summed E-state index contributed by atoms with van der Waals surface area (Å²) in [5, 5.41) is 16.4. The minimum Gasteiger partial charge on any atom is -0.508 e. The first-order valence-corrected chi connectivity index (χ1v) is 5.96. The molecule has 0 fully saturated rings. The van der Waals surface area contributed by atoms with Gasteiger partial charge in [0.1, 0.15) is 5.75 Å². The van der Waals surface area contributed by atoms with E-state index < -0.39 is 0 Å². The molecule has 0 spiro atoms. The van der Waals surface area contributed by atoms with Crippen molar-refractivity contribution in [3.05, 3.63) is 41.5 Å². The van der Waals surface area contributed by atoms with Gasteiger partial charge in [0, 0.05) is 25.9 Å². The van der Waals surface area contributed by atoms with Crippen LogP contribution in [0.3, 0.4) is 0 Å². The van der Waals surface area contributed by atoms with Crippen LogP contribution in [-0.4, -0.2) is 21.8 Å². The number of phenols is 1. The van der Waals surface area contributed by atoms with Gasteiger partial charge in [-0.1, -0.05) is 17.3 Å². The molecule has 1 aromatic heterocycles. The van der Waals surface area contributed by atoms with Crippen molar-refractivity contribution in [2.75, 3.05) is 6.54 Å². The molecule has 0 aliphatic rings. The molecule has 5 heteroatoms. The third kappa shape index (κ3) is 3.30. The molecule has 0 aliphatic carbocycles. The Kier molecular flexibility index (Phi) is 3.94. The second kappa shape index (κ2) is 5.64. The van der Waals surface area contributed by atoms with Crippen molar-refractivity contribution >= 4 is 0 Å². The molecule has 2 aromatic rings. The van der Waals surface area contributed by atoms with Gasteiger partial charge in [0.2, 0.25) is 5.89 Å². The van der Waals surface area contributed by atoms with Crippen molar-refractivity contribution < 1.29 is 9.63 Å². The van der Waals surface area contributed by atoms with Crippen LogP contribution in [0.2, 0.25) is 0 Å². The molecule has 96 valence electrons. The van der Waals surface area contributed by atoms with E-state index in [1.807, 2.05) is 12.1 Å². The lowest BCUT2D eigenvalue weighted by Gasteiger charge is -2.13. The maximum Gasteiger partial charge on any atom is 0.223 e. The number of hydrogen-bond donors (Lipinski definition) is 2. The molecule has 0 saturated carbocycles. The summed E-state index contributed by atoms with van der Waals surface area (Å²) >= 11 is 0. The number of hydrogen-bond acceptors (Lipinski definition) is 5. The Bertz CT molecular complexity index is 493. The first-order valence-electron chi connectivity index (χ1n) is 5.96. The van der Waals surface area contributed by atoms with Crippen molar-refractivity contribution in [3.63, 3.8) is 0 Å². The highest BCUT2D eigenvalue weighted by Crippen LogP contribution is 2.16. The lowest BCUT2D eigenvalue weighted by Crippen LogP contribution is -2.21. The van der Waals surface area contributed by atoms with E-state index in [-0.39, 0.29) is 11.8 Å². The zero-order chi connectivity index (χ0) is 13.0. The Morgan fingerprint density at radius 1 is 1.33 bits per heavy atom. The van der Waals surface area contributed by atoms with Gasteiger partial charge < -0.3 is 14.9 Å². The summed E-state index contributed by atoms with van der Waals surface area (Å²) in [6, 6.07) is 7.42. The highest BCUT2D eigenvalue weighted by Gasteiger charge is 2.06. The van der Waals surface area contributed by atoms with Gasteiger partial charge in [-0.2, -0.15) is 4.98 Å². The standard InChI is InChI=1S/C13H17N3O2/c1-9(11-3-5-12(17)6-4-11)14-8-7-13-15-10(2)18-16-13/h3-6,9,14,17H,7-8H2,1-2H3. The van der Waals surface area contributed by atoms with Gasteiger partial charge in [0.15, 0.2) is 5.82 Å². The molecular formula is C13H17N3O2. The van der Waals surface area contributed by atoms with E-state index in [0.717, 1.165) is 24.4 Å². The molecule has 18 heavy (non-hydrogen) atoms. The molecule has 0 amide bonds. The Morgan fingerprint density at radius 2 is 2.06 bits per heavy atom. The number of aromatic hydroxyl groups is 1. The smallest absolute Gasteiger partial charge is 0.223 e. The molecule has 1 atom stereocenters. The predicted molar refractivity (Wildman–Crippen MR) is 67.3 cm³/mol. The molecule has 0 bridgehead atoms. The summed E-state index contributed by atoms with van der Waals surface area (Å²) in [5.74, 6) is 1.60. The van der Waals surface area contributed by atoms with E-state index in [4.69, 9.17) is 4.52 Å². The predicted octanol–water partition coefficient (Wildman–Crippen LogP) is 1.98. The minimum absolute atomic E-state index is 0.221. The Balaban J connectivity index is 1.81. The van der Waals surface area contributed by atoms with Gasteiger partial charge in [-0.3, -0.25) is 0 Å². The fourth-order valence-electron chi connectivity index (χ4n) is 1.72. The molecule has 5 nitrogen and oxygen atoms in total. The topological polar surface area (TPSA) is 71.2 Å². The van der Waals surface area contributed by atoms with Gasteiger partial charge >= 0.3 is 0 Å². The van der Waals surface area contributed by atoms with E-state index in [1.54, 1.807) is 19.1 Å². The minimum atomic E-state index is 0.221. The summed E-state index contributed by atoms with van der Waals surface area (Å²) < 4.78 is 4.90. The van der Waals surface area contributed by atoms with Crippen LogP contribution in [0.4, 0.5) is 0 Å². The first-order chi connectivity index (χ1) is 8.65. The van der Waals surface area contributed by atoms with E-state index in [2.05, 4.69) is 22.4 Å². The third-order valence-corrected chi connectivity index (χ3v) is 2.76. The number of aromatic nitrogens is 2. The van der Waals surface area contributed by atoms with Crippen LogP contribution >= 0.6 is 0 Å². The average molecular weight is 247 g/mol. The number of nitrogens with zero attached hydrogens (tertiary/aromatic N) is 2. The number of rotatable bonds is 5. The maximum absolute atomic E-state index is 9.22. The Hall–Kier alpha value is -1.88. The molecule has 0 aliphatic heterocycles. The van der Waals surface area contributed by atoms with Crippen LogP contribution in [0, 0.1) is 6.92 Å².